The van der Waals surface area contributed by atoms with Crippen LogP contribution < -0.4 is 0 Å². The standard InChI is InChI=1S/C34H10F6N6/c1-44-20(15-42)25-22(17-10-6-4-7-11-17)19(14-41)24-27(25)31(34(38,39)40)29-28(30(24)33(35,36)37)26(21(16-43)45-2)23(32(29)46-3)18-12-8-5-9-13-18/h4-13H/b25-20-,26-21+. The maximum atomic E-state index is 15.4. The number of halogens is 6. The fourth-order valence-corrected chi connectivity index (χ4v) is 5.80. The molecule has 0 fully saturated rings. The topological polar surface area (TPSA) is 84.5 Å². The largest absolute Gasteiger partial charge is 0.417 e. The van der Waals surface area contributed by atoms with Crippen LogP contribution in [0.4, 0.5) is 26.3 Å². The normalized spacial score (nSPS) is 15.8. The van der Waals surface area contributed by atoms with E-state index in [9.17, 15) is 15.8 Å². The molecule has 2 aliphatic rings. The average molecular weight is 616 g/mol. The molecule has 0 heterocycles. The van der Waals surface area contributed by atoms with E-state index in [2.05, 4.69) is 14.5 Å². The fraction of sp³-hybridized carbons (Fsp3) is 0.0588. The van der Waals surface area contributed by atoms with Crippen molar-refractivity contribution in [1.29, 1.82) is 15.8 Å². The van der Waals surface area contributed by atoms with Crippen LogP contribution >= 0.6 is 0 Å². The van der Waals surface area contributed by atoms with Crippen LogP contribution in [0.1, 0.15) is 44.5 Å². The molecule has 12 heteroatoms. The van der Waals surface area contributed by atoms with E-state index in [4.69, 9.17) is 19.7 Å². The van der Waals surface area contributed by atoms with Crippen molar-refractivity contribution in [2.24, 2.45) is 0 Å². The Bertz CT molecular complexity index is 2070. The Labute approximate surface area is 257 Å². The number of hydrogen-bond acceptors (Lipinski definition) is 3. The van der Waals surface area contributed by atoms with Gasteiger partial charge >= 0.3 is 12.4 Å². The van der Waals surface area contributed by atoms with Crippen LogP contribution in [0.25, 0.3) is 48.1 Å². The number of hydrogen-bond donors (Lipinski definition) is 0. The molecule has 0 radical (unpaired) electrons. The molecule has 0 atom stereocenters. The maximum absolute atomic E-state index is 15.4. The van der Waals surface area contributed by atoms with Gasteiger partial charge < -0.3 is 0 Å². The zero-order valence-corrected chi connectivity index (χ0v) is 22.7. The number of benzene rings is 3. The zero-order chi connectivity index (χ0) is 33.6. The van der Waals surface area contributed by atoms with Gasteiger partial charge in [-0.2, -0.15) is 31.6 Å². The molecule has 0 saturated carbocycles. The third-order valence-corrected chi connectivity index (χ3v) is 7.30. The summed E-state index contributed by atoms with van der Waals surface area (Å²) in [4.78, 5) is 9.28. The Kier molecular flexibility index (Phi) is 7.32. The van der Waals surface area contributed by atoms with Crippen molar-refractivity contribution in [3.05, 3.63) is 151 Å². The molecule has 0 amide bonds. The Hall–Kier alpha value is -6.86. The molecular formula is C34H10F6N6. The molecular weight excluding hydrogens is 606 g/mol. The first-order chi connectivity index (χ1) is 21.9. The van der Waals surface area contributed by atoms with Crippen molar-refractivity contribution in [3.63, 3.8) is 0 Å². The lowest BCUT2D eigenvalue weighted by atomic mass is 9.82. The first-order valence-electron chi connectivity index (χ1n) is 12.7. The summed E-state index contributed by atoms with van der Waals surface area (Å²) >= 11 is 0. The molecule has 0 saturated heterocycles. The fourth-order valence-electron chi connectivity index (χ4n) is 5.80. The summed E-state index contributed by atoms with van der Waals surface area (Å²) in [6, 6.07) is 18.3. The second-order valence-corrected chi connectivity index (χ2v) is 9.57. The maximum Gasteiger partial charge on any atom is 0.417 e. The number of allylic oxidation sites excluding steroid dienone is 7. The van der Waals surface area contributed by atoms with Crippen LogP contribution in [0.5, 0.6) is 0 Å². The van der Waals surface area contributed by atoms with Gasteiger partial charge in [-0.1, -0.05) is 60.7 Å². The highest BCUT2D eigenvalue weighted by Crippen LogP contribution is 2.63. The molecule has 0 spiro atoms. The molecule has 0 bridgehead atoms. The smallest absolute Gasteiger partial charge is 0.237 e. The zero-order valence-electron chi connectivity index (χ0n) is 22.7. The van der Waals surface area contributed by atoms with E-state index in [1.807, 2.05) is 0 Å². The van der Waals surface area contributed by atoms with Gasteiger partial charge in [0.15, 0.2) is 0 Å². The molecule has 0 unspecified atom stereocenters. The van der Waals surface area contributed by atoms with Crippen molar-refractivity contribution in [2.45, 2.75) is 12.4 Å². The van der Waals surface area contributed by atoms with Gasteiger partial charge in [0.05, 0.1) is 48.6 Å². The summed E-state index contributed by atoms with van der Waals surface area (Å²) in [5, 5.41) is 30.0. The third kappa shape index (κ3) is 4.39. The molecule has 5 rings (SSSR count). The van der Waals surface area contributed by atoms with Crippen molar-refractivity contribution in [1.82, 2.24) is 0 Å². The minimum absolute atomic E-state index is 0.0480. The highest BCUT2D eigenvalue weighted by Gasteiger charge is 2.53. The predicted octanol–water partition coefficient (Wildman–Crippen LogP) is 9.28. The molecule has 46 heavy (non-hydrogen) atoms. The van der Waals surface area contributed by atoms with Crippen LogP contribution in [0.3, 0.4) is 0 Å². The summed E-state index contributed by atoms with van der Waals surface area (Å²) < 4.78 is 92.6. The highest BCUT2D eigenvalue weighted by molar-refractivity contribution is 6.30. The van der Waals surface area contributed by atoms with E-state index < -0.39 is 90.7 Å². The second-order valence-electron chi connectivity index (χ2n) is 9.57. The van der Waals surface area contributed by atoms with E-state index in [-0.39, 0.29) is 11.1 Å². The van der Waals surface area contributed by atoms with Crippen molar-refractivity contribution in [3.8, 4) is 18.2 Å². The number of fused-ring (bicyclic) bond motifs is 2. The molecule has 3 aromatic carbocycles. The quantitative estimate of drug-likeness (QED) is 0.163. The van der Waals surface area contributed by atoms with Gasteiger partial charge in [-0.3, -0.25) is 0 Å². The lowest BCUT2D eigenvalue weighted by molar-refractivity contribution is -0.141. The first-order valence-corrected chi connectivity index (χ1v) is 12.7. The van der Waals surface area contributed by atoms with Gasteiger partial charge in [-0.25, -0.2) is 25.1 Å². The van der Waals surface area contributed by atoms with Crippen molar-refractivity contribution in [2.75, 3.05) is 0 Å². The first kappa shape index (κ1) is 30.6. The Morgan fingerprint density at radius 1 is 0.587 bits per heavy atom. The highest BCUT2D eigenvalue weighted by atomic mass is 19.4. The third-order valence-electron chi connectivity index (χ3n) is 7.30. The van der Waals surface area contributed by atoms with Crippen molar-refractivity contribution < 1.29 is 26.3 Å². The molecule has 0 N–H and O–H groups in total. The number of alkyl halides is 6. The average Bonchev–Trinajstić information content (AvgIpc) is 3.54. The van der Waals surface area contributed by atoms with Crippen LogP contribution in [-0.2, 0) is 12.4 Å². The van der Waals surface area contributed by atoms with Crippen LogP contribution in [0.15, 0.2) is 72.1 Å². The number of nitrogens with zero attached hydrogens (tertiary/aromatic N) is 6. The van der Waals surface area contributed by atoms with Gasteiger partial charge in [-0.05, 0) is 39.0 Å². The van der Waals surface area contributed by atoms with Gasteiger partial charge in [0.2, 0.25) is 5.70 Å². The monoisotopic (exact) mass is 616 g/mol. The van der Waals surface area contributed by atoms with Crippen LogP contribution in [-0.4, -0.2) is 0 Å². The summed E-state index contributed by atoms with van der Waals surface area (Å²) in [6.45, 7) is 23.0. The lowest BCUT2D eigenvalue weighted by Crippen LogP contribution is -2.20. The predicted molar refractivity (Wildman–Crippen MR) is 153 cm³/mol. The second kappa shape index (κ2) is 11.0. The molecule has 0 aliphatic heterocycles. The summed E-state index contributed by atoms with van der Waals surface area (Å²) in [5.74, 6) is 0. The van der Waals surface area contributed by atoms with E-state index >= 15 is 26.3 Å². The van der Waals surface area contributed by atoms with Gasteiger partial charge in [0.1, 0.15) is 6.07 Å². The SMILES string of the molecule is [C-]#[N+]C1=C(c2ccccc2)/C(=C(/C#N)[N+]#[C-])c2c1c(C(F)(F)F)c1c(c2C(F)(F)F)C(C#N)=C(c2ccccc2)/C1=C(\C#N)[N+]#[C-]. The molecule has 3 aromatic rings. The Morgan fingerprint density at radius 2 is 1.00 bits per heavy atom. The van der Waals surface area contributed by atoms with Gasteiger partial charge in [0.25, 0.3) is 11.4 Å². The Morgan fingerprint density at radius 3 is 1.39 bits per heavy atom. The number of rotatable bonds is 2. The summed E-state index contributed by atoms with van der Waals surface area (Å²) in [5.41, 5.74) is -15.4. The van der Waals surface area contributed by atoms with E-state index in [1.54, 1.807) is 6.07 Å². The van der Waals surface area contributed by atoms with Crippen molar-refractivity contribution >= 4 is 33.6 Å². The van der Waals surface area contributed by atoms with E-state index in [0.717, 1.165) is 0 Å². The minimum atomic E-state index is -5.55. The lowest BCUT2D eigenvalue weighted by Gasteiger charge is -2.25. The van der Waals surface area contributed by atoms with Crippen LogP contribution in [0.2, 0.25) is 0 Å². The van der Waals surface area contributed by atoms with E-state index in [0.29, 0.717) is 0 Å². The van der Waals surface area contributed by atoms with Gasteiger partial charge in [-0.15, -0.1) is 0 Å². The molecule has 218 valence electrons. The summed E-state index contributed by atoms with van der Waals surface area (Å²) in [6.07, 6.45) is -11.1. The molecule has 2 aliphatic carbocycles. The van der Waals surface area contributed by atoms with Gasteiger partial charge in [0, 0.05) is 16.7 Å². The Balaban J connectivity index is 2.24. The number of nitriles is 3. The van der Waals surface area contributed by atoms with Crippen LogP contribution in [0, 0.1) is 53.7 Å². The molecule has 6 nitrogen and oxygen atoms in total. The minimum Gasteiger partial charge on any atom is -0.237 e. The van der Waals surface area contributed by atoms with E-state index in [1.165, 1.54) is 72.8 Å². The molecule has 0 aromatic heterocycles. The summed E-state index contributed by atoms with van der Waals surface area (Å²) in [7, 11) is 0.